The Morgan fingerprint density at radius 2 is 1.32 bits per heavy atom. The molecule has 0 aromatic heterocycles. The number of aliphatic hydroxyl groups is 1. The minimum absolute atomic E-state index is 0.0496. The Morgan fingerprint density at radius 1 is 0.727 bits per heavy atom. The lowest BCUT2D eigenvalue weighted by Gasteiger charge is -2.37. The van der Waals surface area contributed by atoms with Gasteiger partial charge in [0.1, 0.15) is 11.2 Å². The molecule has 0 spiro atoms. The van der Waals surface area contributed by atoms with Crippen LogP contribution < -0.4 is 0 Å². The summed E-state index contributed by atoms with van der Waals surface area (Å²) in [6, 6.07) is 0. The predicted molar refractivity (Wildman–Crippen MR) is 95.3 cm³/mol. The maximum absolute atomic E-state index is 11.5. The minimum atomic E-state index is -0.631. The zero-order chi connectivity index (χ0) is 16.7. The Labute approximate surface area is 139 Å². The van der Waals surface area contributed by atoms with Crippen LogP contribution >= 0.6 is 0 Å². The van der Waals surface area contributed by atoms with Crippen molar-refractivity contribution in [3.63, 3.8) is 0 Å². The van der Waals surface area contributed by atoms with Crippen molar-refractivity contribution in [2.45, 2.75) is 128 Å². The van der Waals surface area contributed by atoms with Gasteiger partial charge in [0.05, 0.1) is 5.60 Å². The largest absolute Gasteiger partial charge is 0.387 e. The zero-order valence-corrected chi connectivity index (χ0v) is 15.8. The molecule has 1 rings (SSSR count). The molecule has 2 unspecified atom stereocenters. The van der Waals surface area contributed by atoms with E-state index in [0.717, 1.165) is 57.8 Å². The lowest BCUT2D eigenvalue weighted by atomic mass is 9.68. The van der Waals surface area contributed by atoms with Crippen LogP contribution in [-0.4, -0.2) is 21.9 Å². The van der Waals surface area contributed by atoms with Crippen molar-refractivity contribution in [2.75, 3.05) is 0 Å². The van der Waals surface area contributed by atoms with Crippen LogP contribution in [0.5, 0.6) is 0 Å². The van der Waals surface area contributed by atoms with E-state index < -0.39 is 5.60 Å². The second kappa shape index (κ2) is 8.68. The van der Waals surface area contributed by atoms with Gasteiger partial charge in [-0.25, -0.2) is 0 Å². The van der Waals surface area contributed by atoms with Crippen molar-refractivity contribution in [2.24, 2.45) is 0 Å². The molecule has 0 amide bonds. The quantitative estimate of drug-likeness (QED) is 0.334. The molecule has 1 aliphatic rings. The third kappa shape index (κ3) is 3.70. The standard InChI is InChI=1S/C20H40O2/c1-6-11-12-17-19(15-9-4)20(22-19,16-10-5)18(21,13-7-2)14-8-3/h21H,6-17H2,1-5H3. The van der Waals surface area contributed by atoms with E-state index in [2.05, 4.69) is 34.6 Å². The monoisotopic (exact) mass is 312 g/mol. The normalized spacial score (nSPS) is 28.1. The van der Waals surface area contributed by atoms with Gasteiger partial charge in [0.2, 0.25) is 0 Å². The maximum atomic E-state index is 11.5. The van der Waals surface area contributed by atoms with Gasteiger partial charge >= 0.3 is 0 Å². The smallest absolute Gasteiger partial charge is 0.126 e. The van der Waals surface area contributed by atoms with Gasteiger partial charge in [0.25, 0.3) is 0 Å². The number of ether oxygens (including phenoxy) is 1. The van der Waals surface area contributed by atoms with Gasteiger partial charge in [-0.3, -0.25) is 0 Å². The average Bonchev–Trinajstić information content (AvgIpc) is 3.10. The molecular weight excluding hydrogens is 272 g/mol. The van der Waals surface area contributed by atoms with E-state index in [1.165, 1.54) is 19.3 Å². The van der Waals surface area contributed by atoms with Gasteiger partial charge < -0.3 is 9.84 Å². The van der Waals surface area contributed by atoms with Crippen LogP contribution in [0.3, 0.4) is 0 Å². The molecule has 0 aromatic carbocycles. The molecule has 1 saturated heterocycles. The molecule has 2 nitrogen and oxygen atoms in total. The number of hydrogen-bond acceptors (Lipinski definition) is 2. The summed E-state index contributed by atoms with van der Waals surface area (Å²) in [5, 5.41) is 11.5. The molecule has 1 N–H and O–H groups in total. The van der Waals surface area contributed by atoms with Crippen LogP contribution in [0.25, 0.3) is 0 Å². The van der Waals surface area contributed by atoms with E-state index in [1.807, 2.05) is 0 Å². The summed E-state index contributed by atoms with van der Waals surface area (Å²) < 4.78 is 6.54. The summed E-state index contributed by atoms with van der Waals surface area (Å²) >= 11 is 0. The van der Waals surface area contributed by atoms with Crippen molar-refractivity contribution < 1.29 is 9.84 Å². The van der Waals surface area contributed by atoms with E-state index in [1.54, 1.807) is 0 Å². The number of rotatable bonds is 13. The average molecular weight is 313 g/mol. The van der Waals surface area contributed by atoms with Crippen molar-refractivity contribution in [1.82, 2.24) is 0 Å². The molecule has 1 heterocycles. The third-order valence-electron chi connectivity index (χ3n) is 5.58. The van der Waals surface area contributed by atoms with E-state index in [0.29, 0.717) is 0 Å². The Kier molecular flexibility index (Phi) is 7.88. The van der Waals surface area contributed by atoms with E-state index in [-0.39, 0.29) is 11.2 Å². The molecular formula is C20H40O2. The van der Waals surface area contributed by atoms with E-state index in [4.69, 9.17) is 4.74 Å². The highest BCUT2D eigenvalue weighted by atomic mass is 16.6. The number of unbranched alkanes of at least 4 members (excludes halogenated alkanes) is 2. The first-order valence-corrected chi connectivity index (χ1v) is 9.94. The first kappa shape index (κ1) is 20.0. The lowest BCUT2D eigenvalue weighted by molar-refractivity contribution is -0.0571. The number of hydrogen-bond donors (Lipinski definition) is 1. The molecule has 1 aliphatic heterocycles. The Balaban J connectivity index is 3.03. The summed E-state index contributed by atoms with van der Waals surface area (Å²) in [5.41, 5.74) is -0.954. The Morgan fingerprint density at radius 3 is 1.77 bits per heavy atom. The predicted octanol–water partition coefficient (Wildman–Crippen LogP) is 6.01. The van der Waals surface area contributed by atoms with E-state index >= 15 is 0 Å². The molecule has 0 saturated carbocycles. The van der Waals surface area contributed by atoms with Crippen LogP contribution in [0.15, 0.2) is 0 Å². The van der Waals surface area contributed by atoms with Gasteiger partial charge in [0.15, 0.2) is 0 Å². The molecule has 0 aromatic rings. The molecule has 0 bridgehead atoms. The molecule has 1 fully saturated rings. The van der Waals surface area contributed by atoms with Gasteiger partial charge in [-0.15, -0.1) is 0 Å². The summed E-state index contributed by atoms with van der Waals surface area (Å²) in [7, 11) is 0. The minimum Gasteiger partial charge on any atom is -0.387 e. The fourth-order valence-electron chi connectivity index (χ4n) is 4.74. The molecule has 2 atom stereocenters. The second-order valence-corrected chi connectivity index (χ2v) is 7.41. The van der Waals surface area contributed by atoms with Gasteiger partial charge in [0, 0.05) is 0 Å². The summed E-state index contributed by atoms with van der Waals surface area (Å²) in [5.74, 6) is 0. The van der Waals surface area contributed by atoms with Crippen LogP contribution in [0.1, 0.15) is 112 Å². The third-order valence-corrected chi connectivity index (χ3v) is 5.58. The first-order valence-electron chi connectivity index (χ1n) is 9.94. The highest BCUT2D eigenvalue weighted by molar-refractivity contribution is 5.24. The van der Waals surface area contributed by atoms with Gasteiger partial charge in [-0.1, -0.05) is 79.6 Å². The van der Waals surface area contributed by atoms with Crippen LogP contribution in [0.2, 0.25) is 0 Å². The SMILES string of the molecule is CCCCCC1(CCC)OC1(CCC)C(O)(CCC)CCC. The van der Waals surface area contributed by atoms with Gasteiger partial charge in [-0.05, 0) is 32.1 Å². The first-order chi connectivity index (χ1) is 10.5. The molecule has 22 heavy (non-hydrogen) atoms. The van der Waals surface area contributed by atoms with Crippen molar-refractivity contribution in [3.05, 3.63) is 0 Å². The Hall–Kier alpha value is -0.0800. The zero-order valence-electron chi connectivity index (χ0n) is 15.8. The van der Waals surface area contributed by atoms with Crippen molar-refractivity contribution in [1.29, 1.82) is 0 Å². The highest BCUT2D eigenvalue weighted by Gasteiger charge is 2.75. The molecule has 2 heteroatoms. The number of epoxide rings is 1. The maximum Gasteiger partial charge on any atom is 0.126 e. The lowest BCUT2D eigenvalue weighted by Crippen LogP contribution is -2.50. The van der Waals surface area contributed by atoms with Crippen LogP contribution in [0, 0.1) is 0 Å². The van der Waals surface area contributed by atoms with Crippen LogP contribution in [-0.2, 0) is 4.74 Å². The Bertz CT molecular complexity index is 309. The van der Waals surface area contributed by atoms with Crippen LogP contribution in [0.4, 0.5) is 0 Å². The topological polar surface area (TPSA) is 32.8 Å². The summed E-state index contributed by atoms with van der Waals surface area (Å²) in [4.78, 5) is 0. The fraction of sp³-hybridized carbons (Fsp3) is 1.00. The highest BCUT2D eigenvalue weighted by Crippen LogP contribution is 2.64. The van der Waals surface area contributed by atoms with Gasteiger partial charge in [-0.2, -0.15) is 0 Å². The molecule has 0 aliphatic carbocycles. The van der Waals surface area contributed by atoms with Crippen molar-refractivity contribution >= 4 is 0 Å². The molecule has 0 radical (unpaired) electrons. The summed E-state index contributed by atoms with van der Waals surface area (Å²) in [6.07, 6.45) is 13.0. The van der Waals surface area contributed by atoms with Crippen molar-refractivity contribution in [3.8, 4) is 0 Å². The molecule has 132 valence electrons. The van der Waals surface area contributed by atoms with E-state index in [9.17, 15) is 5.11 Å². The summed E-state index contributed by atoms with van der Waals surface area (Å²) in [6.45, 7) is 11.1. The fourth-order valence-corrected chi connectivity index (χ4v) is 4.74. The second-order valence-electron chi connectivity index (χ2n) is 7.41.